The van der Waals surface area contributed by atoms with Crippen LogP contribution in [-0.4, -0.2) is 12.6 Å². The van der Waals surface area contributed by atoms with Gasteiger partial charge >= 0.3 is 5.97 Å². The fourth-order valence-electron chi connectivity index (χ4n) is 3.26. The summed E-state index contributed by atoms with van der Waals surface area (Å²) in [7, 11) is 0. The predicted molar refractivity (Wildman–Crippen MR) is 112 cm³/mol. The van der Waals surface area contributed by atoms with Crippen molar-refractivity contribution in [1.82, 2.24) is 0 Å². The van der Waals surface area contributed by atoms with Crippen molar-refractivity contribution in [3.63, 3.8) is 0 Å². The number of carbonyl (C=O) groups excluding carboxylic acids is 1. The van der Waals surface area contributed by atoms with E-state index in [2.05, 4.69) is 45.0 Å². The lowest BCUT2D eigenvalue weighted by Gasteiger charge is -2.13. The molecule has 0 aliphatic heterocycles. The van der Waals surface area contributed by atoms with Crippen LogP contribution in [0.15, 0.2) is 24.3 Å². The molecule has 0 aliphatic carbocycles. The maximum absolute atomic E-state index is 12.2. The molecule has 0 amide bonds. The Labute approximate surface area is 161 Å². The van der Waals surface area contributed by atoms with Gasteiger partial charge < -0.3 is 4.74 Å². The van der Waals surface area contributed by atoms with Gasteiger partial charge in [0.25, 0.3) is 0 Å². The van der Waals surface area contributed by atoms with E-state index in [4.69, 9.17) is 4.74 Å². The molecule has 2 heteroatoms. The van der Waals surface area contributed by atoms with Crippen molar-refractivity contribution in [3.05, 3.63) is 35.4 Å². The van der Waals surface area contributed by atoms with Gasteiger partial charge in [0, 0.05) is 0 Å². The highest BCUT2D eigenvalue weighted by Gasteiger charge is 2.16. The Hall–Kier alpha value is -1.31. The SMILES string of the molecule is CCCCCCCCCCCOC(=O)C(C)c1ccc(CC(C)C)cc1. The molecule has 0 heterocycles. The Bertz CT molecular complexity index is 475. The lowest BCUT2D eigenvalue weighted by atomic mass is 9.97. The summed E-state index contributed by atoms with van der Waals surface area (Å²) < 4.78 is 5.47. The topological polar surface area (TPSA) is 26.3 Å². The minimum Gasteiger partial charge on any atom is -0.465 e. The van der Waals surface area contributed by atoms with Gasteiger partial charge in [-0.05, 0) is 36.8 Å². The summed E-state index contributed by atoms with van der Waals surface area (Å²) in [5, 5.41) is 0. The molecule has 0 saturated carbocycles. The van der Waals surface area contributed by atoms with Gasteiger partial charge in [-0.1, -0.05) is 96.4 Å². The predicted octanol–water partition coefficient (Wildman–Crippen LogP) is 7.06. The van der Waals surface area contributed by atoms with Gasteiger partial charge in [-0.25, -0.2) is 0 Å². The molecule has 0 aromatic heterocycles. The number of carbonyl (C=O) groups is 1. The molecule has 0 radical (unpaired) electrons. The van der Waals surface area contributed by atoms with E-state index >= 15 is 0 Å². The van der Waals surface area contributed by atoms with Crippen LogP contribution in [0.2, 0.25) is 0 Å². The lowest BCUT2D eigenvalue weighted by Crippen LogP contribution is -2.14. The Morgan fingerprint density at radius 1 is 0.846 bits per heavy atom. The van der Waals surface area contributed by atoms with Crippen LogP contribution in [0.4, 0.5) is 0 Å². The van der Waals surface area contributed by atoms with E-state index in [-0.39, 0.29) is 11.9 Å². The van der Waals surface area contributed by atoms with Crippen LogP contribution in [0.3, 0.4) is 0 Å². The molecule has 1 unspecified atom stereocenters. The second kappa shape index (κ2) is 13.8. The molecule has 1 aromatic carbocycles. The largest absolute Gasteiger partial charge is 0.465 e. The number of rotatable bonds is 14. The summed E-state index contributed by atoms with van der Waals surface area (Å²) >= 11 is 0. The Kier molecular flexibility index (Phi) is 12.1. The van der Waals surface area contributed by atoms with Crippen LogP contribution in [0.1, 0.15) is 103 Å². The molecule has 2 nitrogen and oxygen atoms in total. The third-order valence-corrected chi connectivity index (χ3v) is 4.97. The fourth-order valence-corrected chi connectivity index (χ4v) is 3.26. The highest BCUT2D eigenvalue weighted by Crippen LogP contribution is 2.19. The number of hydrogen-bond donors (Lipinski definition) is 0. The van der Waals surface area contributed by atoms with Crippen LogP contribution < -0.4 is 0 Å². The second-order valence-corrected chi connectivity index (χ2v) is 8.06. The van der Waals surface area contributed by atoms with E-state index in [1.54, 1.807) is 0 Å². The van der Waals surface area contributed by atoms with Crippen molar-refractivity contribution in [2.24, 2.45) is 5.92 Å². The molecule has 0 spiro atoms. The van der Waals surface area contributed by atoms with Gasteiger partial charge in [-0.15, -0.1) is 0 Å². The van der Waals surface area contributed by atoms with Crippen LogP contribution in [0, 0.1) is 5.92 Å². The molecular weight excluding hydrogens is 320 g/mol. The zero-order chi connectivity index (χ0) is 19.2. The van der Waals surface area contributed by atoms with E-state index < -0.39 is 0 Å². The van der Waals surface area contributed by atoms with Crippen LogP contribution >= 0.6 is 0 Å². The van der Waals surface area contributed by atoms with Gasteiger partial charge in [0.15, 0.2) is 0 Å². The average Bonchev–Trinajstić information content (AvgIpc) is 2.62. The molecule has 0 fully saturated rings. The smallest absolute Gasteiger partial charge is 0.313 e. The second-order valence-electron chi connectivity index (χ2n) is 8.06. The first-order valence-electron chi connectivity index (χ1n) is 10.8. The van der Waals surface area contributed by atoms with Crippen molar-refractivity contribution in [1.29, 1.82) is 0 Å². The minimum absolute atomic E-state index is 0.0961. The quantitative estimate of drug-likeness (QED) is 0.262. The number of unbranched alkanes of at least 4 members (excludes halogenated alkanes) is 8. The Morgan fingerprint density at radius 3 is 1.92 bits per heavy atom. The first-order valence-corrected chi connectivity index (χ1v) is 10.8. The molecule has 0 N–H and O–H groups in total. The molecule has 0 bridgehead atoms. The molecule has 26 heavy (non-hydrogen) atoms. The van der Waals surface area contributed by atoms with E-state index in [0.717, 1.165) is 18.4 Å². The van der Waals surface area contributed by atoms with Gasteiger partial charge in [-0.3, -0.25) is 4.79 Å². The van der Waals surface area contributed by atoms with E-state index in [9.17, 15) is 4.79 Å². The van der Waals surface area contributed by atoms with Crippen LogP contribution in [0.25, 0.3) is 0 Å². The van der Waals surface area contributed by atoms with Crippen molar-refractivity contribution in [2.75, 3.05) is 6.61 Å². The van der Waals surface area contributed by atoms with Crippen LogP contribution in [-0.2, 0) is 16.0 Å². The number of ether oxygens (including phenoxy) is 1. The molecule has 148 valence electrons. The monoisotopic (exact) mass is 360 g/mol. The summed E-state index contributed by atoms with van der Waals surface area (Å²) in [6.07, 6.45) is 12.6. The zero-order valence-corrected chi connectivity index (χ0v) is 17.6. The summed E-state index contributed by atoms with van der Waals surface area (Å²) in [6, 6.07) is 8.42. The zero-order valence-electron chi connectivity index (χ0n) is 17.6. The van der Waals surface area contributed by atoms with Crippen molar-refractivity contribution in [3.8, 4) is 0 Å². The van der Waals surface area contributed by atoms with E-state index in [0.29, 0.717) is 12.5 Å². The average molecular weight is 361 g/mol. The van der Waals surface area contributed by atoms with Crippen LogP contribution in [0.5, 0.6) is 0 Å². The lowest BCUT2D eigenvalue weighted by molar-refractivity contribution is -0.145. The number of hydrogen-bond acceptors (Lipinski definition) is 2. The summed E-state index contributed by atoms with van der Waals surface area (Å²) in [5.74, 6) is 0.377. The van der Waals surface area contributed by atoms with Gasteiger partial charge in [0.2, 0.25) is 0 Å². The maximum atomic E-state index is 12.2. The molecule has 1 aromatic rings. The van der Waals surface area contributed by atoms with Crippen molar-refractivity contribution >= 4 is 5.97 Å². The van der Waals surface area contributed by atoms with E-state index in [1.165, 1.54) is 56.9 Å². The van der Waals surface area contributed by atoms with E-state index in [1.807, 2.05) is 6.92 Å². The molecule has 0 saturated heterocycles. The van der Waals surface area contributed by atoms with Gasteiger partial charge in [0.1, 0.15) is 0 Å². The maximum Gasteiger partial charge on any atom is 0.313 e. The first kappa shape index (κ1) is 22.7. The molecule has 0 aliphatic rings. The van der Waals surface area contributed by atoms with Gasteiger partial charge in [0.05, 0.1) is 12.5 Å². The van der Waals surface area contributed by atoms with Crippen molar-refractivity contribution in [2.45, 2.75) is 97.8 Å². The minimum atomic E-state index is -0.179. The summed E-state index contributed by atoms with van der Waals surface area (Å²) in [5.41, 5.74) is 2.38. The number of esters is 1. The normalized spacial score (nSPS) is 12.3. The van der Waals surface area contributed by atoms with Gasteiger partial charge in [-0.2, -0.15) is 0 Å². The number of benzene rings is 1. The third-order valence-electron chi connectivity index (χ3n) is 4.97. The Morgan fingerprint density at radius 2 is 1.38 bits per heavy atom. The molecule has 1 rings (SSSR count). The summed E-state index contributed by atoms with van der Waals surface area (Å²) in [4.78, 5) is 12.2. The third kappa shape index (κ3) is 9.99. The fraction of sp³-hybridized carbons (Fsp3) is 0.708. The van der Waals surface area contributed by atoms with Crippen molar-refractivity contribution < 1.29 is 9.53 Å². The summed E-state index contributed by atoms with van der Waals surface area (Å²) in [6.45, 7) is 9.20. The first-order chi connectivity index (χ1) is 12.5. The Balaban J connectivity index is 2.14. The molecular formula is C24H40O2. The highest BCUT2D eigenvalue weighted by atomic mass is 16.5. The highest BCUT2D eigenvalue weighted by molar-refractivity contribution is 5.77. The standard InChI is InChI=1S/C24H40O2/c1-5-6-7-8-9-10-11-12-13-18-26-24(25)21(4)23-16-14-22(15-17-23)19-20(2)3/h14-17,20-21H,5-13,18-19H2,1-4H3. The molecule has 1 atom stereocenters.